The van der Waals surface area contributed by atoms with E-state index in [2.05, 4.69) is 20.6 Å². The summed E-state index contributed by atoms with van der Waals surface area (Å²) in [6.07, 6.45) is 2.75. The van der Waals surface area contributed by atoms with E-state index < -0.39 is 0 Å². The van der Waals surface area contributed by atoms with Gasteiger partial charge in [-0.2, -0.15) is 0 Å². The quantitative estimate of drug-likeness (QED) is 0.860. The van der Waals surface area contributed by atoms with E-state index >= 15 is 0 Å². The Kier molecular flexibility index (Phi) is 4.55. The van der Waals surface area contributed by atoms with Crippen LogP contribution in [0.3, 0.4) is 0 Å². The molecule has 0 unspecified atom stereocenters. The molecule has 1 saturated carbocycles. The number of nitrogens with zero attached hydrogens (tertiary/aromatic N) is 2. The minimum absolute atomic E-state index is 0.0131. The number of anilines is 1. The first-order valence-corrected chi connectivity index (χ1v) is 8.03. The number of hydrogen-bond donors (Lipinski definition) is 2. The zero-order valence-corrected chi connectivity index (χ0v) is 13.5. The first kappa shape index (κ1) is 15.5. The Bertz CT molecular complexity index is 662. The molecule has 0 saturated heterocycles. The molecule has 1 heterocycles. The van der Waals surface area contributed by atoms with Gasteiger partial charge in [0.05, 0.1) is 0 Å². The summed E-state index contributed by atoms with van der Waals surface area (Å²) in [6, 6.07) is 11.9. The van der Waals surface area contributed by atoms with Crippen molar-refractivity contribution in [2.75, 3.05) is 5.32 Å². The van der Waals surface area contributed by atoms with Gasteiger partial charge in [-0.3, -0.25) is 4.79 Å². The minimum Gasteiger partial charge on any atom is -0.352 e. The van der Waals surface area contributed by atoms with Crippen molar-refractivity contribution in [2.24, 2.45) is 0 Å². The maximum Gasteiger partial charge on any atom is 0.243 e. The summed E-state index contributed by atoms with van der Waals surface area (Å²) in [5, 5.41) is 6.27. The third kappa shape index (κ3) is 4.52. The average Bonchev–Trinajstić information content (AvgIpc) is 3.30. The number of carbonyl (C=O) groups excluding carboxylic acids is 1. The Labute approximate surface area is 136 Å². The van der Waals surface area contributed by atoms with E-state index in [1.54, 1.807) is 0 Å². The fourth-order valence-corrected chi connectivity index (χ4v) is 2.53. The van der Waals surface area contributed by atoms with Crippen LogP contribution in [-0.2, 0) is 11.2 Å². The number of rotatable bonds is 6. The predicted molar refractivity (Wildman–Crippen MR) is 90.2 cm³/mol. The number of aryl methyl sites for hydroxylation is 2. The van der Waals surface area contributed by atoms with Gasteiger partial charge in [0, 0.05) is 23.9 Å². The van der Waals surface area contributed by atoms with Gasteiger partial charge in [-0.05, 0) is 38.3 Å². The summed E-state index contributed by atoms with van der Waals surface area (Å²) >= 11 is 0. The van der Waals surface area contributed by atoms with Gasteiger partial charge in [0.2, 0.25) is 11.9 Å². The van der Waals surface area contributed by atoms with E-state index in [-0.39, 0.29) is 11.9 Å². The van der Waals surface area contributed by atoms with E-state index in [0.29, 0.717) is 18.4 Å². The van der Waals surface area contributed by atoms with E-state index in [0.717, 1.165) is 29.8 Å². The molecule has 5 nitrogen and oxygen atoms in total. The van der Waals surface area contributed by atoms with Gasteiger partial charge in [0.15, 0.2) is 0 Å². The van der Waals surface area contributed by atoms with Crippen LogP contribution in [0.15, 0.2) is 36.4 Å². The van der Waals surface area contributed by atoms with Crippen molar-refractivity contribution in [3.8, 4) is 0 Å². The lowest BCUT2D eigenvalue weighted by atomic mass is 10.1. The molecule has 0 bridgehead atoms. The molecule has 1 atom stereocenters. The molecule has 1 aliphatic carbocycles. The van der Waals surface area contributed by atoms with Crippen molar-refractivity contribution in [3.05, 3.63) is 53.3 Å². The second-order valence-electron chi connectivity index (χ2n) is 6.14. The molecule has 3 rings (SSSR count). The lowest BCUT2D eigenvalue weighted by Gasteiger charge is -2.19. The van der Waals surface area contributed by atoms with Gasteiger partial charge in [-0.25, -0.2) is 9.97 Å². The number of amides is 1. The second kappa shape index (κ2) is 6.77. The van der Waals surface area contributed by atoms with Crippen LogP contribution in [0.4, 0.5) is 5.95 Å². The molecule has 2 N–H and O–H groups in total. The Hall–Kier alpha value is -2.43. The number of carbonyl (C=O) groups is 1. The normalized spacial score (nSPS) is 15.0. The number of hydrogen-bond acceptors (Lipinski definition) is 4. The molecule has 120 valence electrons. The zero-order valence-electron chi connectivity index (χ0n) is 13.5. The molecule has 0 spiro atoms. The molecule has 1 amide bonds. The van der Waals surface area contributed by atoms with E-state index in [1.165, 1.54) is 0 Å². The highest BCUT2D eigenvalue weighted by atomic mass is 16.2. The highest BCUT2D eigenvalue weighted by molar-refractivity contribution is 5.85. The van der Waals surface area contributed by atoms with Gasteiger partial charge in [-0.15, -0.1) is 0 Å². The van der Waals surface area contributed by atoms with Crippen molar-refractivity contribution in [1.82, 2.24) is 15.3 Å². The van der Waals surface area contributed by atoms with Crippen LogP contribution in [0.2, 0.25) is 0 Å². The molecule has 5 heteroatoms. The standard InChI is InChI=1S/C18H22N4O/c1-12-10-13(2)20-18(19-12)22-16(17(23)21-15-8-9-15)11-14-6-4-3-5-7-14/h3-7,10,15-16H,8-9,11H2,1-2H3,(H,21,23)(H,19,20,22)/t16-/m0/s1. The molecule has 1 fully saturated rings. The smallest absolute Gasteiger partial charge is 0.243 e. The Morgan fingerprint density at radius 3 is 2.43 bits per heavy atom. The lowest BCUT2D eigenvalue weighted by molar-refractivity contribution is -0.122. The summed E-state index contributed by atoms with van der Waals surface area (Å²) in [5.74, 6) is 0.522. The highest BCUT2D eigenvalue weighted by Crippen LogP contribution is 2.19. The van der Waals surface area contributed by atoms with Crippen LogP contribution >= 0.6 is 0 Å². The summed E-state index contributed by atoms with van der Waals surface area (Å²) in [7, 11) is 0. The predicted octanol–water partition coefficient (Wildman–Crippen LogP) is 2.40. The van der Waals surface area contributed by atoms with Crippen LogP contribution in [0, 0.1) is 13.8 Å². The van der Waals surface area contributed by atoms with Crippen molar-refractivity contribution < 1.29 is 4.79 Å². The van der Waals surface area contributed by atoms with Crippen LogP contribution < -0.4 is 10.6 Å². The lowest BCUT2D eigenvalue weighted by Crippen LogP contribution is -2.42. The van der Waals surface area contributed by atoms with Gasteiger partial charge in [0.25, 0.3) is 0 Å². The molecule has 0 radical (unpaired) electrons. The average molecular weight is 310 g/mol. The molecular weight excluding hydrogens is 288 g/mol. The fraction of sp³-hybridized carbons (Fsp3) is 0.389. The van der Waals surface area contributed by atoms with Crippen LogP contribution in [-0.4, -0.2) is 28.0 Å². The summed E-state index contributed by atoms with van der Waals surface area (Å²) < 4.78 is 0. The largest absolute Gasteiger partial charge is 0.352 e. The summed E-state index contributed by atoms with van der Waals surface area (Å²) in [5.41, 5.74) is 2.89. The van der Waals surface area contributed by atoms with Gasteiger partial charge < -0.3 is 10.6 Å². The molecule has 1 aromatic carbocycles. The molecule has 1 aromatic heterocycles. The van der Waals surface area contributed by atoms with Crippen molar-refractivity contribution in [2.45, 2.75) is 45.2 Å². The van der Waals surface area contributed by atoms with Crippen LogP contribution in [0.5, 0.6) is 0 Å². The third-order valence-electron chi connectivity index (χ3n) is 3.81. The van der Waals surface area contributed by atoms with Crippen LogP contribution in [0.25, 0.3) is 0 Å². The van der Waals surface area contributed by atoms with Crippen molar-refractivity contribution in [3.63, 3.8) is 0 Å². The first-order chi connectivity index (χ1) is 11.1. The van der Waals surface area contributed by atoms with Gasteiger partial charge >= 0.3 is 0 Å². The van der Waals surface area contributed by atoms with Gasteiger partial charge in [0.1, 0.15) is 6.04 Å². The maximum atomic E-state index is 12.5. The molecule has 23 heavy (non-hydrogen) atoms. The number of benzene rings is 1. The Morgan fingerprint density at radius 2 is 1.83 bits per heavy atom. The summed E-state index contributed by atoms with van der Waals surface area (Å²) in [6.45, 7) is 3.85. The minimum atomic E-state index is -0.376. The third-order valence-corrected chi connectivity index (χ3v) is 3.81. The monoisotopic (exact) mass is 310 g/mol. The zero-order chi connectivity index (χ0) is 16.2. The molecule has 2 aromatic rings. The molecular formula is C18H22N4O. The Balaban J connectivity index is 1.77. The van der Waals surface area contributed by atoms with Gasteiger partial charge in [-0.1, -0.05) is 30.3 Å². The van der Waals surface area contributed by atoms with E-state index in [4.69, 9.17) is 0 Å². The number of nitrogens with one attached hydrogen (secondary N) is 2. The summed E-state index contributed by atoms with van der Waals surface area (Å²) in [4.78, 5) is 21.3. The molecule has 0 aliphatic heterocycles. The Morgan fingerprint density at radius 1 is 1.17 bits per heavy atom. The van der Waals surface area contributed by atoms with Crippen LogP contribution in [0.1, 0.15) is 29.8 Å². The second-order valence-corrected chi connectivity index (χ2v) is 6.14. The van der Waals surface area contributed by atoms with Crippen molar-refractivity contribution >= 4 is 11.9 Å². The number of aromatic nitrogens is 2. The first-order valence-electron chi connectivity index (χ1n) is 8.03. The maximum absolute atomic E-state index is 12.5. The van der Waals surface area contributed by atoms with E-state index in [1.807, 2.05) is 50.2 Å². The fourth-order valence-electron chi connectivity index (χ4n) is 2.53. The highest BCUT2D eigenvalue weighted by Gasteiger charge is 2.28. The molecule has 1 aliphatic rings. The SMILES string of the molecule is Cc1cc(C)nc(N[C@@H](Cc2ccccc2)C(=O)NC2CC2)n1. The topological polar surface area (TPSA) is 66.9 Å². The van der Waals surface area contributed by atoms with E-state index in [9.17, 15) is 4.79 Å². The van der Waals surface area contributed by atoms with Crippen molar-refractivity contribution in [1.29, 1.82) is 0 Å².